The van der Waals surface area contributed by atoms with Crippen molar-refractivity contribution in [2.24, 2.45) is 0 Å². The lowest BCUT2D eigenvalue weighted by molar-refractivity contribution is -0.111. The Morgan fingerprint density at radius 2 is 1.05 bits per heavy atom. The summed E-state index contributed by atoms with van der Waals surface area (Å²) in [7, 11) is 0. The third kappa shape index (κ3) is 15.1. The molecule has 0 saturated carbocycles. The van der Waals surface area contributed by atoms with E-state index in [4.69, 9.17) is 11.2 Å². The van der Waals surface area contributed by atoms with E-state index < -0.39 is 0 Å². The maximum absolute atomic E-state index is 15.3. The van der Waals surface area contributed by atoms with Gasteiger partial charge >= 0.3 is 0 Å². The molecule has 5 aliphatic rings. The Balaban J connectivity index is 0.000000948. The largest absolute Gasteiger partial charge is 0.457 e. The predicted molar refractivity (Wildman–Crippen MR) is 356 cm³/mol. The Labute approximate surface area is 508 Å². The first-order valence-corrected chi connectivity index (χ1v) is 29.5. The topological polar surface area (TPSA) is 43.4 Å². The fourth-order valence-corrected chi connectivity index (χ4v) is 10.7. The van der Waals surface area contributed by atoms with Gasteiger partial charge in [-0.05, 0) is 182 Å². The number of carbonyl (C=O) groups excluding carboxylic acids is 2. The van der Waals surface area contributed by atoms with Crippen LogP contribution in [0, 0.1) is 42.9 Å². The molecule has 0 N–H and O–H groups in total. The summed E-state index contributed by atoms with van der Waals surface area (Å²) in [4.78, 5) is 30.1. The van der Waals surface area contributed by atoms with Crippen molar-refractivity contribution in [3.63, 3.8) is 0 Å². The van der Waals surface area contributed by atoms with E-state index in [1.807, 2.05) is 127 Å². The average molecular weight is 1110 g/mol. The minimum Gasteiger partial charge on any atom is -0.457 e. The van der Waals surface area contributed by atoms with Crippen LogP contribution in [-0.4, -0.2) is 11.6 Å². The highest BCUT2D eigenvalue weighted by molar-refractivity contribution is 6.46. The lowest BCUT2D eigenvalue weighted by Crippen LogP contribution is -2.13. The summed E-state index contributed by atoms with van der Waals surface area (Å²) in [5.41, 5.74) is 21.6. The molecular weight excluding hydrogens is 1040 g/mol. The normalized spacial score (nSPS) is 15.1. The minimum atomic E-state index is -0.196. The van der Waals surface area contributed by atoms with Crippen molar-refractivity contribution in [1.29, 1.82) is 0 Å². The van der Waals surface area contributed by atoms with E-state index in [0.29, 0.717) is 39.4 Å². The molecule has 0 unspecified atom stereocenters. The lowest BCUT2D eigenvalue weighted by atomic mass is 9.82. The Kier molecular flexibility index (Phi) is 19.8. The number of hydrogen-bond donors (Lipinski definition) is 0. The van der Waals surface area contributed by atoms with Crippen LogP contribution in [0.4, 0.5) is 0 Å². The highest BCUT2D eigenvalue weighted by Crippen LogP contribution is 2.40. The van der Waals surface area contributed by atoms with Gasteiger partial charge in [-0.3, -0.25) is 9.59 Å². The van der Waals surface area contributed by atoms with Crippen LogP contribution in [0.25, 0.3) is 22.3 Å². The van der Waals surface area contributed by atoms with Gasteiger partial charge in [0, 0.05) is 55.7 Å². The van der Waals surface area contributed by atoms with Crippen LogP contribution in [0.2, 0.25) is 0 Å². The number of terminal acetylenes is 1. The Morgan fingerprint density at radius 3 is 1.58 bits per heavy atom. The zero-order valence-corrected chi connectivity index (χ0v) is 48.7. The molecule has 416 valence electrons. The molecule has 3 heteroatoms. The van der Waals surface area contributed by atoms with Gasteiger partial charge in [-0.1, -0.05) is 230 Å². The van der Waals surface area contributed by atoms with Crippen molar-refractivity contribution in [3.8, 4) is 47.5 Å². The van der Waals surface area contributed by atoms with Crippen molar-refractivity contribution in [1.82, 2.24) is 0 Å². The van der Waals surface area contributed by atoms with Crippen molar-refractivity contribution >= 4 is 33.9 Å². The van der Waals surface area contributed by atoms with Gasteiger partial charge in [0.25, 0.3) is 0 Å². The molecule has 0 amide bonds. The highest BCUT2D eigenvalue weighted by atomic mass is 16.5. The van der Waals surface area contributed by atoms with Gasteiger partial charge in [0.1, 0.15) is 11.5 Å². The van der Waals surface area contributed by atoms with Crippen molar-refractivity contribution in [3.05, 3.63) is 344 Å². The van der Waals surface area contributed by atoms with Crippen molar-refractivity contribution < 1.29 is 14.3 Å². The minimum absolute atomic E-state index is 0.159. The quantitative estimate of drug-likeness (QED) is 0.0472. The first kappa shape index (κ1) is 58.5. The molecule has 86 heavy (non-hydrogen) atoms. The van der Waals surface area contributed by atoms with Gasteiger partial charge in [-0.15, -0.1) is 6.42 Å². The van der Waals surface area contributed by atoms with Gasteiger partial charge in [0.2, 0.25) is 0 Å². The number of Topliss-reactive ketones (excluding diaryl/α,β-unsaturated/α-hetero) is 2. The second-order valence-corrected chi connectivity index (χ2v) is 21.4. The van der Waals surface area contributed by atoms with E-state index >= 15 is 4.79 Å². The zero-order chi connectivity index (χ0) is 59.5. The molecule has 0 bridgehead atoms. The average Bonchev–Trinajstić information content (AvgIpc) is 1.72. The molecule has 0 spiro atoms. The maximum Gasteiger partial charge on any atom is 0.194 e. The summed E-state index contributed by atoms with van der Waals surface area (Å²) in [5.74, 6) is 17.3. The third-order valence-corrected chi connectivity index (χ3v) is 15.2. The smallest absolute Gasteiger partial charge is 0.194 e. The highest BCUT2D eigenvalue weighted by Gasteiger charge is 2.27. The molecule has 11 rings (SSSR count). The molecule has 0 atom stereocenters. The zero-order valence-electron chi connectivity index (χ0n) is 48.7. The number of aryl methyl sites for hydroxylation is 1. The van der Waals surface area contributed by atoms with Gasteiger partial charge in [0.15, 0.2) is 11.6 Å². The second-order valence-electron chi connectivity index (χ2n) is 21.4. The number of rotatable bonds is 14. The summed E-state index contributed by atoms with van der Waals surface area (Å²) >= 11 is 0. The summed E-state index contributed by atoms with van der Waals surface area (Å²) < 4.78 is 6.63. The van der Waals surface area contributed by atoms with Gasteiger partial charge in [-0.25, -0.2) is 0 Å². The summed E-state index contributed by atoms with van der Waals surface area (Å²) in [5, 5.41) is 0. The third-order valence-electron chi connectivity index (χ3n) is 15.2. The molecule has 0 heterocycles. The van der Waals surface area contributed by atoms with Crippen LogP contribution in [-0.2, 0) is 9.59 Å². The molecular formula is C83H66O3. The van der Waals surface area contributed by atoms with Crippen LogP contribution >= 0.6 is 0 Å². The molecule has 0 aromatic heterocycles. The fraction of sp³-hybridized carbons (Fsp3) is 0.133. The Hall–Kier alpha value is -10.7. The number of ether oxygens (including phenoxy) is 1. The Bertz CT molecular complexity index is 4240. The monoisotopic (exact) mass is 1110 g/mol. The summed E-state index contributed by atoms with van der Waals surface area (Å²) in [6.45, 7) is 10.8. The van der Waals surface area contributed by atoms with Crippen LogP contribution in [0.5, 0.6) is 11.5 Å². The molecule has 5 aliphatic carbocycles. The van der Waals surface area contributed by atoms with Crippen LogP contribution < -0.4 is 4.74 Å². The molecule has 6 aromatic carbocycles. The molecule has 0 saturated heterocycles. The van der Waals surface area contributed by atoms with Gasteiger partial charge in [-0.2, -0.15) is 0 Å². The molecule has 0 radical (unpaired) electrons. The van der Waals surface area contributed by atoms with E-state index in [9.17, 15) is 4.79 Å². The van der Waals surface area contributed by atoms with E-state index in [1.54, 1.807) is 12.2 Å². The Morgan fingerprint density at radius 1 is 0.488 bits per heavy atom. The van der Waals surface area contributed by atoms with E-state index in [-0.39, 0.29) is 11.6 Å². The van der Waals surface area contributed by atoms with Crippen LogP contribution in [0.3, 0.4) is 0 Å². The number of benzene rings is 6. The van der Waals surface area contributed by atoms with E-state index in [1.165, 1.54) is 6.42 Å². The second kappa shape index (κ2) is 29.0. The van der Waals surface area contributed by atoms with Gasteiger partial charge < -0.3 is 4.74 Å². The van der Waals surface area contributed by atoms with Crippen molar-refractivity contribution in [2.75, 3.05) is 0 Å². The maximum atomic E-state index is 15.3. The number of carbonyl (C=O) groups is 2. The number of hydrogen-bond acceptors (Lipinski definition) is 3. The molecule has 3 nitrogen and oxygen atoms in total. The van der Waals surface area contributed by atoms with E-state index in [0.717, 1.165) is 141 Å². The number of allylic oxidation sites excluding steroid dienone is 22. The first-order chi connectivity index (χ1) is 42.2. The predicted octanol–water partition coefficient (Wildman–Crippen LogP) is 19.4. The van der Waals surface area contributed by atoms with Crippen molar-refractivity contribution in [2.45, 2.75) is 71.1 Å². The lowest BCUT2D eigenvalue weighted by Gasteiger charge is -2.20. The standard InChI is InChI=1S/C75H58O3.C8H8/c1-53-34-40-64(41-35-53)70(72(62-30-18-8-19-31-62)74(76)54(2)60-26-14-6-15-27-60)65-42-46-68(47-43-65)78-69-48-44-66(45-49-69)71(73(63-32-20-9-21-33-63)75(77)55(3)61-28-16-7-17-29-61)67-51-58(38-36-56-22-10-4-11-23-56)50-59(52-67)39-37-57-24-12-5-13-25-57;1-2-8-6-4-3-5-7-8/h7,9-10,14,16-18,20-24,26-35,40-52H,2-5,8,11-13,19,25H2,1H3;1,4,6-7H,3,5H2/b72-70-,73-71+;. The SMILES string of the molecule is C#CC1=CCCC=C1.C=C(C(=O)/C(C1=CCCC=C1)=C(/c1ccc(C)cc1)c1ccc(Oc2ccc(/C(=C(\C(=O)C(=C)c3ccccc3)c3ccccc3)c3cc(C#CC4=CCCC=C4)cc(C#CC4=CCCCC4)c3)cc2)cc1)C1=CC=C=C=C1. The van der Waals surface area contributed by atoms with Crippen LogP contribution in [0.1, 0.15) is 114 Å². The van der Waals surface area contributed by atoms with Gasteiger partial charge in [0.05, 0.1) is 0 Å². The molecule has 6 aromatic rings. The summed E-state index contributed by atoms with van der Waals surface area (Å²) in [6.07, 6.45) is 41.9. The fourth-order valence-electron chi connectivity index (χ4n) is 10.7. The molecule has 0 aliphatic heterocycles. The first-order valence-electron chi connectivity index (χ1n) is 29.5. The van der Waals surface area contributed by atoms with E-state index in [2.05, 4.69) is 152 Å². The number of ketones is 2. The molecule has 0 fully saturated rings. The van der Waals surface area contributed by atoms with Crippen LogP contribution in [0.15, 0.2) is 294 Å². The summed E-state index contributed by atoms with van der Waals surface area (Å²) in [6, 6.07) is 49.7.